The van der Waals surface area contributed by atoms with Gasteiger partial charge in [0.05, 0.1) is 11.4 Å². The molecule has 0 N–H and O–H groups in total. The Bertz CT molecular complexity index is 304. The van der Waals surface area contributed by atoms with Gasteiger partial charge in [0.15, 0.2) is 0 Å². The minimum Gasteiger partial charge on any atom is -0.466 e. The maximum atomic E-state index is 10.7. The van der Waals surface area contributed by atoms with E-state index in [1.807, 2.05) is 5.38 Å². The highest BCUT2D eigenvalue weighted by molar-refractivity contribution is 7.14. The van der Waals surface area contributed by atoms with E-state index in [2.05, 4.69) is 4.74 Å². The lowest BCUT2D eigenvalue weighted by atomic mass is 10.3. The minimum atomic E-state index is -0.364. The number of carbonyl (C=O) groups excluding carboxylic acids is 1. The van der Waals surface area contributed by atoms with Crippen LogP contribution < -0.4 is 0 Å². The van der Waals surface area contributed by atoms with Crippen LogP contribution in [0.15, 0.2) is 17.5 Å². The molecule has 0 bridgehead atoms. The normalized spacial score (nSPS) is 10.5. The maximum Gasteiger partial charge on any atom is 0.330 e. The van der Waals surface area contributed by atoms with Crippen molar-refractivity contribution in [3.8, 4) is 0 Å². The molecule has 0 aliphatic carbocycles. The number of halogens is 1. The van der Waals surface area contributed by atoms with Crippen molar-refractivity contribution < 1.29 is 9.53 Å². The third kappa shape index (κ3) is 2.68. The van der Waals surface area contributed by atoms with Gasteiger partial charge < -0.3 is 4.74 Å². The van der Waals surface area contributed by atoms with Crippen molar-refractivity contribution >= 4 is 35.0 Å². The fourth-order valence-electron chi connectivity index (χ4n) is 0.643. The third-order valence-corrected chi connectivity index (χ3v) is 2.31. The van der Waals surface area contributed by atoms with Gasteiger partial charge in [0, 0.05) is 6.08 Å². The van der Waals surface area contributed by atoms with E-state index in [1.54, 1.807) is 12.1 Å². The summed E-state index contributed by atoms with van der Waals surface area (Å²) < 4.78 is 5.13. The van der Waals surface area contributed by atoms with Gasteiger partial charge in [-0.1, -0.05) is 11.6 Å². The van der Waals surface area contributed by atoms with Crippen molar-refractivity contribution in [3.05, 3.63) is 27.4 Å². The highest BCUT2D eigenvalue weighted by atomic mass is 35.5. The predicted octanol–water partition coefficient (Wildman–Crippen LogP) is 2.59. The van der Waals surface area contributed by atoms with Crippen molar-refractivity contribution in [1.29, 1.82) is 0 Å². The summed E-state index contributed by atoms with van der Waals surface area (Å²) in [6.45, 7) is 0. The van der Waals surface area contributed by atoms with Gasteiger partial charge in [-0.25, -0.2) is 4.79 Å². The Morgan fingerprint density at radius 1 is 1.75 bits per heavy atom. The first kappa shape index (κ1) is 9.29. The minimum absolute atomic E-state index is 0.364. The van der Waals surface area contributed by atoms with Gasteiger partial charge in [0.2, 0.25) is 0 Å². The molecule has 0 aliphatic heterocycles. The Morgan fingerprint density at radius 2 is 2.50 bits per heavy atom. The SMILES string of the molecule is COC(=O)C=Cc1csc(Cl)c1. The van der Waals surface area contributed by atoms with Gasteiger partial charge in [0.25, 0.3) is 0 Å². The van der Waals surface area contributed by atoms with Gasteiger partial charge in [0.1, 0.15) is 0 Å². The van der Waals surface area contributed by atoms with Crippen LogP contribution in [0.25, 0.3) is 6.08 Å². The molecule has 12 heavy (non-hydrogen) atoms. The topological polar surface area (TPSA) is 26.3 Å². The van der Waals surface area contributed by atoms with Gasteiger partial charge in [-0.15, -0.1) is 11.3 Å². The fourth-order valence-corrected chi connectivity index (χ4v) is 1.50. The van der Waals surface area contributed by atoms with Gasteiger partial charge in [-0.05, 0) is 23.1 Å². The zero-order chi connectivity index (χ0) is 8.97. The maximum absolute atomic E-state index is 10.7. The van der Waals surface area contributed by atoms with Gasteiger partial charge in [-0.2, -0.15) is 0 Å². The molecule has 0 aliphatic rings. The molecule has 1 heterocycles. The van der Waals surface area contributed by atoms with Gasteiger partial charge >= 0.3 is 5.97 Å². The lowest BCUT2D eigenvalue weighted by Gasteiger charge is -1.87. The molecule has 0 spiro atoms. The zero-order valence-electron chi connectivity index (χ0n) is 6.41. The van der Waals surface area contributed by atoms with Crippen molar-refractivity contribution in [2.75, 3.05) is 7.11 Å². The van der Waals surface area contributed by atoms with E-state index in [1.165, 1.54) is 24.5 Å². The predicted molar refractivity (Wildman–Crippen MR) is 50.4 cm³/mol. The van der Waals surface area contributed by atoms with E-state index in [4.69, 9.17) is 11.6 Å². The Balaban J connectivity index is 2.63. The summed E-state index contributed by atoms with van der Waals surface area (Å²) in [5, 5.41) is 1.86. The van der Waals surface area contributed by atoms with Crippen LogP contribution in [0.3, 0.4) is 0 Å². The molecule has 1 aromatic rings. The quantitative estimate of drug-likeness (QED) is 0.544. The molecule has 0 aromatic carbocycles. The number of hydrogen-bond acceptors (Lipinski definition) is 3. The molecule has 0 unspecified atom stereocenters. The largest absolute Gasteiger partial charge is 0.466 e. The second kappa shape index (κ2) is 4.28. The van der Waals surface area contributed by atoms with Crippen LogP contribution in [0.2, 0.25) is 4.34 Å². The smallest absolute Gasteiger partial charge is 0.330 e. The van der Waals surface area contributed by atoms with Crippen LogP contribution in [0.5, 0.6) is 0 Å². The van der Waals surface area contributed by atoms with Crippen LogP contribution in [0, 0.1) is 0 Å². The number of rotatable bonds is 2. The first-order valence-corrected chi connectivity index (χ1v) is 4.48. The Morgan fingerprint density at radius 3 is 3.00 bits per heavy atom. The van der Waals surface area contributed by atoms with Crippen LogP contribution in [-0.4, -0.2) is 13.1 Å². The molecule has 64 valence electrons. The molecular weight excluding hydrogens is 196 g/mol. The fraction of sp³-hybridized carbons (Fsp3) is 0.125. The van der Waals surface area contributed by atoms with E-state index >= 15 is 0 Å². The molecule has 0 saturated heterocycles. The highest BCUT2D eigenvalue weighted by Gasteiger charge is 1.94. The highest BCUT2D eigenvalue weighted by Crippen LogP contribution is 2.20. The molecule has 0 fully saturated rings. The van der Waals surface area contributed by atoms with Crippen LogP contribution in [0.4, 0.5) is 0 Å². The Kier molecular flexibility index (Phi) is 3.31. The van der Waals surface area contributed by atoms with Crippen molar-refractivity contribution in [3.63, 3.8) is 0 Å². The van der Waals surface area contributed by atoms with Crippen molar-refractivity contribution in [2.24, 2.45) is 0 Å². The average molecular weight is 203 g/mol. The molecular formula is C8H7ClO2S. The zero-order valence-corrected chi connectivity index (χ0v) is 7.98. The molecule has 1 aromatic heterocycles. The third-order valence-electron chi connectivity index (χ3n) is 1.20. The van der Waals surface area contributed by atoms with Crippen molar-refractivity contribution in [2.45, 2.75) is 0 Å². The van der Waals surface area contributed by atoms with E-state index in [-0.39, 0.29) is 5.97 Å². The van der Waals surface area contributed by atoms with Crippen LogP contribution >= 0.6 is 22.9 Å². The summed E-state index contributed by atoms with van der Waals surface area (Å²) in [6.07, 6.45) is 3.02. The first-order valence-electron chi connectivity index (χ1n) is 3.22. The number of hydrogen-bond donors (Lipinski definition) is 0. The van der Waals surface area contributed by atoms with E-state index in [0.717, 1.165) is 5.56 Å². The molecule has 1 rings (SSSR count). The molecule has 0 atom stereocenters. The van der Waals surface area contributed by atoms with E-state index in [0.29, 0.717) is 4.34 Å². The van der Waals surface area contributed by atoms with Crippen molar-refractivity contribution in [1.82, 2.24) is 0 Å². The van der Waals surface area contributed by atoms with E-state index in [9.17, 15) is 4.79 Å². The number of ether oxygens (including phenoxy) is 1. The lowest BCUT2D eigenvalue weighted by Crippen LogP contribution is -1.92. The molecule has 0 amide bonds. The Labute approximate surface area is 79.4 Å². The summed E-state index contributed by atoms with van der Waals surface area (Å²) in [6, 6.07) is 1.78. The summed E-state index contributed by atoms with van der Waals surface area (Å²) in [7, 11) is 1.34. The summed E-state index contributed by atoms with van der Waals surface area (Å²) in [4.78, 5) is 10.7. The standard InChI is InChI=1S/C8H7ClO2S/c1-11-8(10)3-2-6-4-7(9)12-5-6/h2-5H,1H3. The second-order valence-corrected chi connectivity index (χ2v) is 3.58. The summed E-state index contributed by atoms with van der Waals surface area (Å²) >= 11 is 7.10. The summed E-state index contributed by atoms with van der Waals surface area (Å²) in [5.41, 5.74) is 0.912. The number of methoxy groups -OCH3 is 1. The van der Waals surface area contributed by atoms with Gasteiger partial charge in [-0.3, -0.25) is 0 Å². The second-order valence-electron chi connectivity index (χ2n) is 2.04. The Hall–Kier alpha value is -0.800. The summed E-state index contributed by atoms with van der Waals surface area (Å²) in [5.74, 6) is -0.364. The lowest BCUT2D eigenvalue weighted by molar-refractivity contribution is -0.134. The average Bonchev–Trinajstić information content (AvgIpc) is 2.47. The number of esters is 1. The molecule has 0 radical (unpaired) electrons. The van der Waals surface area contributed by atoms with Crippen LogP contribution in [-0.2, 0) is 9.53 Å². The van der Waals surface area contributed by atoms with Crippen LogP contribution in [0.1, 0.15) is 5.56 Å². The molecule has 0 saturated carbocycles. The van der Waals surface area contributed by atoms with E-state index < -0.39 is 0 Å². The monoisotopic (exact) mass is 202 g/mol. The molecule has 4 heteroatoms. The molecule has 2 nitrogen and oxygen atoms in total. The number of thiophene rings is 1. The first-order chi connectivity index (χ1) is 5.72. The number of carbonyl (C=O) groups is 1.